The summed E-state index contributed by atoms with van der Waals surface area (Å²) in [4.78, 5) is 14.5. The predicted molar refractivity (Wildman–Crippen MR) is 91.0 cm³/mol. The van der Waals surface area contributed by atoms with Crippen LogP contribution >= 0.6 is 0 Å². The molecule has 2 N–H and O–H groups in total. The van der Waals surface area contributed by atoms with Crippen molar-refractivity contribution in [2.45, 2.75) is 17.4 Å². The highest BCUT2D eigenvalue weighted by Crippen LogP contribution is 2.12. The SMILES string of the molecule is O=C(O)C(Cc1cn(-c2ccccc2)nn1)NS(=O)(=O)c1cncc(F)c1. The molecule has 0 spiro atoms. The molecule has 9 nitrogen and oxygen atoms in total. The third-order valence-corrected chi connectivity index (χ3v) is 5.00. The van der Waals surface area contributed by atoms with Crippen LogP contribution in [0.25, 0.3) is 5.69 Å². The zero-order valence-corrected chi connectivity index (χ0v) is 14.5. The van der Waals surface area contributed by atoms with Gasteiger partial charge >= 0.3 is 5.97 Å². The van der Waals surface area contributed by atoms with Gasteiger partial charge < -0.3 is 5.11 Å². The van der Waals surface area contributed by atoms with Crippen LogP contribution in [0.3, 0.4) is 0 Å². The summed E-state index contributed by atoms with van der Waals surface area (Å²) in [6.07, 6.45) is 3.03. The van der Waals surface area contributed by atoms with Crippen molar-refractivity contribution in [1.82, 2.24) is 24.7 Å². The predicted octanol–water partition coefficient (Wildman–Crippen LogP) is 0.776. The molecule has 0 aliphatic rings. The van der Waals surface area contributed by atoms with Gasteiger partial charge in [-0.1, -0.05) is 23.4 Å². The Morgan fingerprint density at radius 1 is 1.26 bits per heavy atom. The van der Waals surface area contributed by atoms with Gasteiger partial charge in [0.05, 0.1) is 23.8 Å². The van der Waals surface area contributed by atoms with Gasteiger partial charge in [0.25, 0.3) is 0 Å². The first-order valence-corrected chi connectivity index (χ1v) is 9.16. The van der Waals surface area contributed by atoms with Crippen molar-refractivity contribution in [2.24, 2.45) is 0 Å². The number of nitrogens with zero attached hydrogens (tertiary/aromatic N) is 4. The normalized spacial score (nSPS) is 12.6. The fourth-order valence-corrected chi connectivity index (χ4v) is 3.44. The Hall–Kier alpha value is -3.18. The molecule has 11 heteroatoms. The quantitative estimate of drug-likeness (QED) is 0.609. The third kappa shape index (κ3) is 4.51. The highest BCUT2D eigenvalue weighted by molar-refractivity contribution is 7.89. The average molecular weight is 391 g/mol. The van der Waals surface area contributed by atoms with Crippen LogP contribution in [0.2, 0.25) is 0 Å². The Kier molecular flexibility index (Phi) is 5.23. The molecule has 0 bridgehead atoms. The number of para-hydroxylation sites is 1. The van der Waals surface area contributed by atoms with Crippen LogP contribution in [0.15, 0.2) is 59.9 Å². The first-order valence-electron chi connectivity index (χ1n) is 7.67. The number of nitrogens with one attached hydrogen (secondary N) is 1. The summed E-state index contributed by atoms with van der Waals surface area (Å²) in [6.45, 7) is 0. The van der Waals surface area contributed by atoms with Crippen molar-refractivity contribution in [1.29, 1.82) is 0 Å². The van der Waals surface area contributed by atoms with Gasteiger partial charge in [-0.25, -0.2) is 17.5 Å². The Bertz CT molecular complexity index is 1060. The van der Waals surface area contributed by atoms with Gasteiger partial charge in [0.2, 0.25) is 10.0 Å². The second kappa shape index (κ2) is 7.60. The molecule has 3 rings (SSSR count). The van der Waals surface area contributed by atoms with E-state index in [0.29, 0.717) is 0 Å². The highest BCUT2D eigenvalue weighted by atomic mass is 32.2. The summed E-state index contributed by atoms with van der Waals surface area (Å²) in [5.41, 5.74) is 0.987. The molecule has 0 aliphatic heterocycles. The standard InChI is InChI=1S/C16H14FN5O4S/c17-11-6-14(9-18-8-11)27(25,26)20-15(16(23)24)7-12-10-22(21-19-12)13-4-2-1-3-5-13/h1-6,8-10,15,20H,7H2,(H,23,24). The topological polar surface area (TPSA) is 127 Å². The molecule has 3 aromatic rings. The Morgan fingerprint density at radius 2 is 2.00 bits per heavy atom. The van der Waals surface area contributed by atoms with E-state index in [1.807, 2.05) is 10.8 Å². The van der Waals surface area contributed by atoms with Crippen molar-refractivity contribution in [3.8, 4) is 5.69 Å². The maximum Gasteiger partial charge on any atom is 0.322 e. The summed E-state index contributed by atoms with van der Waals surface area (Å²) in [6, 6.07) is 8.24. The molecular formula is C16H14FN5O4S. The van der Waals surface area contributed by atoms with Crippen LogP contribution in [0.5, 0.6) is 0 Å². The number of benzene rings is 1. The minimum absolute atomic E-state index is 0.246. The van der Waals surface area contributed by atoms with Gasteiger partial charge in [0.1, 0.15) is 16.8 Å². The zero-order chi connectivity index (χ0) is 19.4. The number of aliphatic carboxylic acids is 1. The maximum atomic E-state index is 13.2. The van der Waals surface area contributed by atoms with Crippen LogP contribution in [0.4, 0.5) is 4.39 Å². The summed E-state index contributed by atoms with van der Waals surface area (Å²) >= 11 is 0. The number of rotatable bonds is 7. The fourth-order valence-electron chi connectivity index (χ4n) is 2.28. The van der Waals surface area contributed by atoms with Gasteiger partial charge in [-0.05, 0) is 18.2 Å². The van der Waals surface area contributed by atoms with Crippen molar-refractivity contribution >= 4 is 16.0 Å². The van der Waals surface area contributed by atoms with E-state index in [1.54, 1.807) is 24.3 Å². The smallest absolute Gasteiger partial charge is 0.322 e. The molecule has 0 saturated carbocycles. The summed E-state index contributed by atoms with van der Waals surface area (Å²) in [5.74, 6) is -2.26. The van der Waals surface area contributed by atoms with E-state index in [4.69, 9.17) is 0 Å². The maximum absolute atomic E-state index is 13.2. The minimum atomic E-state index is -4.28. The number of carboxylic acid groups (broad SMARTS) is 1. The van der Waals surface area contributed by atoms with Crippen LogP contribution in [0.1, 0.15) is 5.69 Å². The average Bonchev–Trinajstić information content (AvgIpc) is 3.10. The van der Waals surface area contributed by atoms with E-state index < -0.39 is 32.7 Å². The number of hydrogen-bond donors (Lipinski definition) is 2. The van der Waals surface area contributed by atoms with Crippen LogP contribution in [-0.2, 0) is 21.2 Å². The molecule has 2 heterocycles. The summed E-state index contributed by atoms with van der Waals surface area (Å²) in [5, 5.41) is 17.1. The monoisotopic (exact) mass is 391 g/mol. The van der Waals surface area contributed by atoms with Gasteiger partial charge in [-0.15, -0.1) is 5.10 Å². The van der Waals surface area contributed by atoms with Crippen LogP contribution < -0.4 is 4.72 Å². The number of sulfonamides is 1. The molecule has 0 saturated heterocycles. The van der Waals surface area contributed by atoms with E-state index in [0.717, 1.165) is 24.1 Å². The molecule has 0 fully saturated rings. The Balaban J connectivity index is 1.79. The third-order valence-electron chi connectivity index (χ3n) is 3.56. The molecule has 27 heavy (non-hydrogen) atoms. The molecule has 1 aromatic carbocycles. The number of pyridine rings is 1. The number of halogens is 1. The Labute approximate surface area is 153 Å². The number of hydrogen-bond acceptors (Lipinski definition) is 6. The molecule has 1 unspecified atom stereocenters. The van der Waals surface area contributed by atoms with Gasteiger partial charge in [-0.2, -0.15) is 4.72 Å². The minimum Gasteiger partial charge on any atom is -0.480 e. The number of carbonyl (C=O) groups is 1. The van der Waals surface area contributed by atoms with E-state index in [1.165, 1.54) is 10.9 Å². The zero-order valence-electron chi connectivity index (χ0n) is 13.7. The molecule has 1 atom stereocenters. The summed E-state index contributed by atoms with van der Waals surface area (Å²) < 4.78 is 41.3. The largest absolute Gasteiger partial charge is 0.480 e. The molecule has 140 valence electrons. The Morgan fingerprint density at radius 3 is 2.67 bits per heavy atom. The van der Waals surface area contributed by atoms with Crippen molar-refractivity contribution < 1.29 is 22.7 Å². The van der Waals surface area contributed by atoms with Crippen molar-refractivity contribution in [2.75, 3.05) is 0 Å². The number of carboxylic acids is 1. The van der Waals surface area contributed by atoms with Crippen molar-refractivity contribution in [3.05, 3.63) is 66.5 Å². The lowest BCUT2D eigenvalue weighted by molar-refractivity contribution is -0.138. The lowest BCUT2D eigenvalue weighted by Gasteiger charge is -2.13. The second-order valence-corrected chi connectivity index (χ2v) is 7.26. The second-order valence-electron chi connectivity index (χ2n) is 5.55. The van der Waals surface area contributed by atoms with E-state index in [2.05, 4.69) is 15.3 Å². The van der Waals surface area contributed by atoms with Gasteiger partial charge in [0.15, 0.2) is 0 Å². The first kappa shape index (κ1) is 18.6. The number of aromatic nitrogens is 4. The molecule has 0 amide bonds. The summed E-state index contributed by atoms with van der Waals surface area (Å²) in [7, 11) is -4.28. The van der Waals surface area contributed by atoms with E-state index in [-0.39, 0.29) is 12.1 Å². The van der Waals surface area contributed by atoms with E-state index >= 15 is 0 Å². The van der Waals surface area contributed by atoms with E-state index in [9.17, 15) is 22.7 Å². The highest BCUT2D eigenvalue weighted by Gasteiger charge is 2.27. The fraction of sp³-hybridized carbons (Fsp3) is 0.125. The molecule has 2 aromatic heterocycles. The van der Waals surface area contributed by atoms with Crippen LogP contribution in [0, 0.1) is 5.82 Å². The molecule has 0 radical (unpaired) electrons. The van der Waals surface area contributed by atoms with Gasteiger partial charge in [0, 0.05) is 12.6 Å². The van der Waals surface area contributed by atoms with Crippen LogP contribution in [-0.4, -0.2) is 45.5 Å². The van der Waals surface area contributed by atoms with Crippen molar-refractivity contribution in [3.63, 3.8) is 0 Å². The van der Waals surface area contributed by atoms with Gasteiger partial charge in [-0.3, -0.25) is 9.78 Å². The molecular weight excluding hydrogens is 377 g/mol. The molecule has 0 aliphatic carbocycles. The lowest BCUT2D eigenvalue weighted by atomic mass is 10.2. The first-order chi connectivity index (χ1) is 12.8. The lowest BCUT2D eigenvalue weighted by Crippen LogP contribution is -2.42.